The van der Waals surface area contributed by atoms with Crippen LogP contribution in [0.5, 0.6) is 0 Å². The van der Waals surface area contributed by atoms with Gasteiger partial charge in [-0.2, -0.15) is 0 Å². The second-order valence-corrected chi connectivity index (χ2v) is 6.67. The van der Waals surface area contributed by atoms with Crippen LogP contribution in [0.4, 0.5) is 11.5 Å². The molecule has 2 aromatic carbocycles. The van der Waals surface area contributed by atoms with E-state index >= 15 is 0 Å². The Labute approximate surface area is 160 Å². The number of carbonyl (C=O) groups excluding carboxylic acids is 1. The number of amides is 1. The van der Waals surface area contributed by atoms with Gasteiger partial charge in [-0.25, -0.2) is 9.97 Å². The first kappa shape index (κ1) is 18.6. The smallest absolute Gasteiger partial charge is 0.274 e. The third-order valence-electron chi connectivity index (χ3n) is 4.42. The van der Waals surface area contributed by atoms with Crippen molar-refractivity contribution >= 4 is 17.4 Å². The molecule has 0 aliphatic rings. The molecule has 0 N–H and O–H groups in total. The molecule has 1 amide bonds. The molecule has 0 atom stereocenters. The van der Waals surface area contributed by atoms with Gasteiger partial charge in [-0.1, -0.05) is 48.5 Å². The Hall–Kier alpha value is -3.21. The Morgan fingerprint density at radius 3 is 2.11 bits per heavy atom. The van der Waals surface area contributed by atoms with Gasteiger partial charge in [-0.05, 0) is 31.5 Å². The van der Waals surface area contributed by atoms with E-state index in [9.17, 15) is 4.79 Å². The number of aromatic nitrogens is 2. The Morgan fingerprint density at radius 1 is 0.926 bits per heavy atom. The van der Waals surface area contributed by atoms with Gasteiger partial charge in [0.1, 0.15) is 5.69 Å². The zero-order valence-corrected chi connectivity index (χ0v) is 15.9. The molecule has 0 spiro atoms. The highest BCUT2D eigenvalue weighted by Crippen LogP contribution is 2.20. The molecule has 3 aromatic rings. The molecule has 0 bridgehead atoms. The van der Waals surface area contributed by atoms with Crippen LogP contribution < -0.4 is 4.90 Å². The van der Waals surface area contributed by atoms with E-state index in [0.717, 1.165) is 11.3 Å². The minimum absolute atomic E-state index is 0.0613. The van der Waals surface area contributed by atoms with E-state index in [2.05, 4.69) is 9.97 Å². The van der Waals surface area contributed by atoms with Crippen molar-refractivity contribution in [1.82, 2.24) is 14.9 Å². The Bertz CT molecular complexity index is 864. The molecule has 5 nitrogen and oxygen atoms in total. The lowest BCUT2D eigenvalue weighted by Gasteiger charge is -2.26. The van der Waals surface area contributed by atoms with Gasteiger partial charge in [0.25, 0.3) is 5.91 Å². The number of benzene rings is 2. The van der Waals surface area contributed by atoms with Gasteiger partial charge in [0.05, 0.1) is 12.4 Å². The van der Waals surface area contributed by atoms with Crippen molar-refractivity contribution in [3.05, 3.63) is 84.3 Å². The van der Waals surface area contributed by atoms with Crippen LogP contribution in [0.1, 0.15) is 29.9 Å². The van der Waals surface area contributed by atoms with Crippen molar-refractivity contribution in [3.8, 4) is 0 Å². The van der Waals surface area contributed by atoms with E-state index in [0.29, 0.717) is 18.1 Å². The van der Waals surface area contributed by atoms with E-state index in [1.807, 2.05) is 86.5 Å². The maximum atomic E-state index is 13.0. The van der Waals surface area contributed by atoms with Crippen molar-refractivity contribution in [2.45, 2.75) is 26.4 Å². The molecular weight excluding hydrogens is 336 g/mol. The fourth-order valence-electron chi connectivity index (χ4n) is 2.80. The summed E-state index contributed by atoms with van der Waals surface area (Å²) in [7, 11) is 1.93. The van der Waals surface area contributed by atoms with E-state index in [1.54, 1.807) is 17.3 Å². The van der Waals surface area contributed by atoms with Crippen molar-refractivity contribution in [2.24, 2.45) is 0 Å². The first-order chi connectivity index (χ1) is 13.1. The van der Waals surface area contributed by atoms with Crippen LogP contribution in [0.3, 0.4) is 0 Å². The highest BCUT2D eigenvalue weighted by atomic mass is 16.2. The molecule has 27 heavy (non-hydrogen) atoms. The van der Waals surface area contributed by atoms with E-state index in [1.165, 1.54) is 0 Å². The Kier molecular flexibility index (Phi) is 5.81. The molecule has 0 radical (unpaired) electrons. The van der Waals surface area contributed by atoms with Gasteiger partial charge in [-0.3, -0.25) is 4.79 Å². The molecule has 0 aliphatic heterocycles. The number of hydrogen-bond acceptors (Lipinski definition) is 4. The highest BCUT2D eigenvalue weighted by Gasteiger charge is 2.21. The molecule has 1 aromatic heterocycles. The number of carbonyl (C=O) groups is 1. The number of hydrogen-bond donors (Lipinski definition) is 0. The maximum absolute atomic E-state index is 13.0. The summed E-state index contributed by atoms with van der Waals surface area (Å²) in [6.07, 6.45) is 3.19. The number of para-hydroxylation sites is 1. The first-order valence-corrected chi connectivity index (χ1v) is 9.02. The minimum atomic E-state index is -0.115. The molecule has 5 heteroatoms. The molecule has 0 saturated carbocycles. The molecule has 1 heterocycles. The van der Waals surface area contributed by atoms with Crippen molar-refractivity contribution in [3.63, 3.8) is 0 Å². The molecule has 3 rings (SSSR count). The van der Waals surface area contributed by atoms with Crippen LogP contribution in [-0.2, 0) is 6.54 Å². The number of rotatable bonds is 6. The van der Waals surface area contributed by atoms with Gasteiger partial charge >= 0.3 is 0 Å². The fourth-order valence-corrected chi connectivity index (χ4v) is 2.80. The largest absolute Gasteiger partial charge is 0.331 e. The van der Waals surface area contributed by atoms with Crippen molar-refractivity contribution < 1.29 is 4.79 Å². The predicted molar refractivity (Wildman–Crippen MR) is 108 cm³/mol. The summed E-state index contributed by atoms with van der Waals surface area (Å²) in [4.78, 5) is 25.5. The normalized spacial score (nSPS) is 10.7. The number of anilines is 2. The lowest BCUT2D eigenvalue weighted by atomic mass is 10.2. The highest BCUT2D eigenvalue weighted by molar-refractivity contribution is 5.92. The monoisotopic (exact) mass is 360 g/mol. The predicted octanol–water partition coefficient (Wildman–Crippen LogP) is 4.30. The van der Waals surface area contributed by atoms with Crippen molar-refractivity contribution in [1.29, 1.82) is 0 Å². The molecule has 138 valence electrons. The van der Waals surface area contributed by atoms with Crippen LogP contribution in [0.2, 0.25) is 0 Å². The fraction of sp³-hybridized carbons (Fsp3) is 0.227. The average molecular weight is 360 g/mol. The van der Waals surface area contributed by atoms with Gasteiger partial charge in [0.2, 0.25) is 0 Å². The molecule has 0 fully saturated rings. The average Bonchev–Trinajstić information content (AvgIpc) is 2.72. The zero-order chi connectivity index (χ0) is 19.2. The Morgan fingerprint density at radius 2 is 1.56 bits per heavy atom. The minimum Gasteiger partial charge on any atom is -0.331 e. The summed E-state index contributed by atoms with van der Waals surface area (Å²) in [6.45, 7) is 4.56. The molecular formula is C22H24N4O. The van der Waals surface area contributed by atoms with Gasteiger partial charge in [0.15, 0.2) is 5.82 Å². The standard InChI is InChI=1S/C22H24N4O/c1-17(2)26(16-18-10-6-4-7-11-18)22(27)20-14-24-21(15-23-20)25(3)19-12-8-5-9-13-19/h4-15,17H,16H2,1-3H3. The Balaban J connectivity index is 1.77. The van der Waals surface area contributed by atoms with E-state index in [-0.39, 0.29) is 11.9 Å². The van der Waals surface area contributed by atoms with Crippen LogP contribution in [0.25, 0.3) is 0 Å². The summed E-state index contributed by atoms with van der Waals surface area (Å²) in [5, 5.41) is 0. The van der Waals surface area contributed by atoms with Crippen LogP contribution in [0, 0.1) is 0 Å². The van der Waals surface area contributed by atoms with Gasteiger partial charge in [0, 0.05) is 25.3 Å². The van der Waals surface area contributed by atoms with Gasteiger partial charge in [-0.15, -0.1) is 0 Å². The lowest BCUT2D eigenvalue weighted by molar-refractivity contribution is 0.0684. The van der Waals surface area contributed by atoms with Crippen LogP contribution in [0.15, 0.2) is 73.1 Å². The van der Waals surface area contributed by atoms with Crippen molar-refractivity contribution in [2.75, 3.05) is 11.9 Å². The second-order valence-electron chi connectivity index (χ2n) is 6.67. The molecule has 0 unspecified atom stereocenters. The lowest BCUT2D eigenvalue weighted by Crippen LogP contribution is -2.37. The number of nitrogens with zero attached hydrogens (tertiary/aromatic N) is 4. The van der Waals surface area contributed by atoms with E-state index in [4.69, 9.17) is 0 Å². The van der Waals surface area contributed by atoms with E-state index < -0.39 is 0 Å². The summed E-state index contributed by atoms with van der Waals surface area (Å²) in [6, 6.07) is 19.9. The SMILES string of the molecule is CC(C)N(Cc1ccccc1)C(=O)c1cnc(N(C)c2ccccc2)cn1. The maximum Gasteiger partial charge on any atom is 0.274 e. The quantitative estimate of drug-likeness (QED) is 0.658. The molecule has 0 saturated heterocycles. The third kappa shape index (κ3) is 4.50. The zero-order valence-electron chi connectivity index (χ0n) is 15.9. The molecule has 0 aliphatic carbocycles. The summed E-state index contributed by atoms with van der Waals surface area (Å²) >= 11 is 0. The summed E-state index contributed by atoms with van der Waals surface area (Å²) in [5.74, 6) is 0.576. The second kappa shape index (κ2) is 8.45. The summed E-state index contributed by atoms with van der Waals surface area (Å²) in [5.41, 5.74) is 2.46. The third-order valence-corrected chi connectivity index (χ3v) is 4.42. The van der Waals surface area contributed by atoms with Crippen LogP contribution in [-0.4, -0.2) is 33.9 Å². The first-order valence-electron chi connectivity index (χ1n) is 9.02. The summed E-state index contributed by atoms with van der Waals surface area (Å²) < 4.78 is 0. The topological polar surface area (TPSA) is 49.3 Å². The van der Waals surface area contributed by atoms with Gasteiger partial charge < -0.3 is 9.80 Å². The van der Waals surface area contributed by atoms with Crippen LogP contribution >= 0.6 is 0 Å².